The van der Waals surface area contributed by atoms with Crippen LogP contribution in [-0.2, 0) is 17.0 Å². The topological polar surface area (TPSA) is 89.4 Å². The summed E-state index contributed by atoms with van der Waals surface area (Å²) < 4.78 is 57.2. The highest BCUT2D eigenvalue weighted by Crippen LogP contribution is 2.50. The van der Waals surface area contributed by atoms with Crippen LogP contribution in [0.2, 0.25) is 10.0 Å². The number of carbonyl (C=O) groups excluding carboxylic acids is 1. The first-order valence-corrected chi connectivity index (χ1v) is 11.7. The Hall–Kier alpha value is -3.83. The first-order valence-electron chi connectivity index (χ1n) is 11.0. The maximum absolute atomic E-state index is 14.4. The molecule has 0 radical (unpaired) electrons. The number of nitrogens with one attached hydrogen (secondary N) is 1. The zero-order valence-corrected chi connectivity index (χ0v) is 20.6. The number of amides is 1. The highest BCUT2D eigenvalue weighted by atomic mass is 35.5. The third-order valence-electron chi connectivity index (χ3n) is 6.04. The maximum atomic E-state index is 14.4. The first kappa shape index (κ1) is 25.8. The number of oxime groups is 1. The SMILES string of the molecule is O=C(NCc1ncccn1)c1ccc(C2=NOC(c3cc(Cl)c(F)c(Cl)c3)(C(F)(F)F)C2)c2ccncc12. The molecule has 1 amide bonds. The van der Waals surface area contributed by atoms with Crippen LogP contribution >= 0.6 is 23.2 Å². The standard InChI is InChI=1S/C25H15Cl2F4N5O2/c26-18-8-13(9-19(27)22(18)28)24(25(29,30)31)10-20(36-38-24)15-2-3-16(17-11-32-7-4-14(15)17)23(37)35-12-21-33-5-1-6-34-21/h1-9,11H,10,12H2,(H,35,37). The average molecular weight is 564 g/mol. The molecule has 0 saturated carbocycles. The van der Waals surface area contributed by atoms with Crippen LogP contribution in [-0.4, -0.2) is 32.7 Å². The van der Waals surface area contributed by atoms with E-state index in [2.05, 4.69) is 25.4 Å². The molecular weight excluding hydrogens is 549 g/mol. The summed E-state index contributed by atoms with van der Waals surface area (Å²) in [6, 6.07) is 7.79. The number of rotatable bonds is 5. The van der Waals surface area contributed by atoms with Crippen LogP contribution in [0.4, 0.5) is 17.6 Å². The van der Waals surface area contributed by atoms with Crippen LogP contribution in [0.1, 0.15) is 33.7 Å². The minimum atomic E-state index is -4.96. The molecule has 194 valence electrons. The van der Waals surface area contributed by atoms with Gasteiger partial charge in [-0.25, -0.2) is 14.4 Å². The summed E-state index contributed by atoms with van der Waals surface area (Å²) in [6.45, 7) is 0.0701. The Bertz CT molecular complexity index is 1560. The summed E-state index contributed by atoms with van der Waals surface area (Å²) >= 11 is 11.6. The zero-order chi connectivity index (χ0) is 27.1. The van der Waals surface area contributed by atoms with Gasteiger partial charge in [0.15, 0.2) is 5.82 Å². The van der Waals surface area contributed by atoms with Gasteiger partial charge in [-0.15, -0.1) is 0 Å². The lowest BCUT2D eigenvalue weighted by Gasteiger charge is -2.29. The largest absolute Gasteiger partial charge is 0.435 e. The Labute approximate surface area is 222 Å². The molecule has 5 rings (SSSR count). The second-order valence-corrected chi connectivity index (χ2v) is 9.13. The molecule has 0 aliphatic carbocycles. The Kier molecular flexibility index (Phi) is 6.66. The van der Waals surface area contributed by atoms with Crippen molar-refractivity contribution in [1.29, 1.82) is 0 Å². The van der Waals surface area contributed by atoms with Crippen molar-refractivity contribution in [2.24, 2.45) is 5.16 Å². The van der Waals surface area contributed by atoms with Gasteiger partial charge in [0.1, 0.15) is 5.82 Å². The van der Waals surface area contributed by atoms with E-state index in [9.17, 15) is 22.4 Å². The van der Waals surface area contributed by atoms with E-state index in [1.807, 2.05) is 0 Å². The van der Waals surface area contributed by atoms with Gasteiger partial charge >= 0.3 is 6.18 Å². The minimum absolute atomic E-state index is 0.0419. The fourth-order valence-corrected chi connectivity index (χ4v) is 4.64. The monoisotopic (exact) mass is 563 g/mol. The smallest absolute Gasteiger partial charge is 0.374 e. The second-order valence-electron chi connectivity index (χ2n) is 8.31. The Morgan fingerprint density at radius 1 is 1.05 bits per heavy atom. The molecule has 4 aromatic rings. The predicted octanol–water partition coefficient (Wildman–Crippen LogP) is 5.98. The Morgan fingerprint density at radius 2 is 1.76 bits per heavy atom. The lowest BCUT2D eigenvalue weighted by Crippen LogP contribution is -2.42. The summed E-state index contributed by atoms with van der Waals surface area (Å²) in [4.78, 5) is 30.1. The summed E-state index contributed by atoms with van der Waals surface area (Å²) in [5.74, 6) is -1.09. The van der Waals surface area contributed by atoms with Gasteiger partial charge in [0.05, 0.1) is 22.3 Å². The zero-order valence-electron chi connectivity index (χ0n) is 19.1. The molecule has 7 nitrogen and oxygen atoms in total. The number of alkyl halides is 3. The Balaban J connectivity index is 1.50. The van der Waals surface area contributed by atoms with E-state index in [1.165, 1.54) is 24.5 Å². The summed E-state index contributed by atoms with van der Waals surface area (Å²) in [5, 5.41) is 6.13. The molecule has 1 aliphatic heterocycles. The summed E-state index contributed by atoms with van der Waals surface area (Å²) in [5.41, 5.74) is -2.94. The number of hydrogen-bond acceptors (Lipinski definition) is 6. The predicted molar refractivity (Wildman–Crippen MR) is 131 cm³/mol. The number of carbonyl (C=O) groups is 1. The van der Waals surface area contributed by atoms with Crippen molar-refractivity contribution < 1.29 is 27.2 Å². The summed E-state index contributed by atoms with van der Waals surface area (Å²) in [6.07, 6.45) is 0.254. The molecule has 3 heterocycles. The average Bonchev–Trinajstić information content (AvgIpc) is 3.37. The van der Waals surface area contributed by atoms with E-state index in [1.54, 1.807) is 24.5 Å². The molecule has 0 saturated heterocycles. The number of fused-ring (bicyclic) bond motifs is 1. The van der Waals surface area contributed by atoms with Gasteiger partial charge in [0, 0.05) is 53.3 Å². The molecule has 0 spiro atoms. The first-order chi connectivity index (χ1) is 18.1. The molecule has 1 atom stereocenters. The molecule has 1 aliphatic rings. The van der Waals surface area contributed by atoms with Crippen LogP contribution < -0.4 is 5.32 Å². The third-order valence-corrected chi connectivity index (χ3v) is 6.59. The van der Waals surface area contributed by atoms with Crippen LogP contribution in [0.15, 0.2) is 66.3 Å². The fraction of sp³-hybridized carbons (Fsp3) is 0.160. The van der Waals surface area contributed by atoms with Gasteiger partial charge in [-0.3, -0.25) is 9.78 Å². The summed E-state index contributed by atoms with van der Waals surface area (Å²) in [7, 11) is 0. The number of hydrogen-bond donors (Lipinski definition) is 1. The van der Waals surface area contributed by atoms with Crippen molar-refractivity contribution in [2.75, 3.05) is 0 Å². The van der Waals surface area contributed by atoms with Gasteiger partial charge in [-0.1, -0.05) is 34.4 Å². The van der Waals surface area contributed by atoms with Gasteiger partial charge < -0.3 is 10.2 Å². The quantitative estimate of drug-likeness (QED) is 0.238. The molecule has 0 fully saturated rings. The minimum Gasteiger partial charge on any atom is -0.374 e. The number of halogens is 6. The molecule has 1 unspecified atom stereocenters. The van der Waals surface area contributed by atoms with Gasteiger partial charge in [-0.05, 0) is 35.7 Å². The molecule has 1 N–H and O–H groups in total. The van der Waals surface area contributed by atoms with Crippen molar-refractivity contribution in [1.82, 2.24) is 20.3 Å². The van der Waals surface area contributed by atoms with Crippen LogP contribution in [0.3, 0.4) is 0 Å². The molecule has 0 bridgehead atoms. The van der Waals surface area contributed by atoms with Crippen molar-refractivity contribution in [3.63, 3.8) is 0 Å². The van der Waals surface area contributed by atoms with E-state index in [0.717, 1.165) is 12.1 Å². The van der Waals surface area contributed by atoms with Crippen molar-refractivity contribution >= 4 is 45.6 Å². The van der Waals surface area contributed by atoms with E-state index >= 15 is 0 Å². The van der Waals surface area contributed by atoms with E-state index in [-0.39, 0.29) is 17.8 Å². The lowest BCUT2D eigenvalue weighted by molar-refractivity contribution is -0.275. The van der Waals surface area contributed by atoms with Crippen LogP contribution in [0.25, 0.3) is 10.8 Å². The van der Waals surface area contributed by atoms with Gasteiger partial charge in [0.2, 0.25) is 0 Å². The molecule has 2 aromatic heterocycles. The van der Waals surface area contributed by atoms with E-state index in [0.29, 0.717) is 22.2 Å². The van der Waals surface area contributed by atoms with Gasteiger partial charge in [-0.2, -0.15) is 13.2 Å². The van der Waals surface area contributed by atoms with Gasteiger partial charge in [0.25, 0.3) is 11.5 Å². The second kappa shape index (κ2) is 9.80. The lowest BCUT2D eigenvalue weighted by atomic mass is 9.85. The van der Waals surface area contributed by atoms with Crippen LogP contribution in [0.5, 0.6) is 0 Å². The normalized spacial score (nSPS) is 17.3. The number of benzene rings is 2. The van der Waals surface area contributed by atoms with E-state index in [4.69, 9.17) is 28.0 Å². The number of aromatic nitrogens is 3. The highest BCUT2D eigenvalue weighted by Gasteiger charge is 2.62. The third kappa shape index (κ3) is 4.52. The van der Waals surface area contributed by atoms with E-state index < -0.39 is 45.5 Å². The van der Waals surface area contributed by atoms with Crippen molar-refractivity contribution in [3.05, 3.63) is 99.6 Å². The molecule has 2 aromatic carbocycles. The highest BCUT2D eigenvalue weighted by molar-refractivity contribution is 6.35. The number of pyridine rings is 1. The molecular formula is C25H15Cl2F4N5O2. The van der Waals surface area contributed by atoms with Crippen molar-refractivity contribution in [3.8, 4) is 0 Å². The maximum Gasteiger partial charge on any atom is 0.435 e. The number of nitrogens with zero attached hydrogens (tertiary/aromatic N) is 4. The van der Waals surface area contributed by atoms with Crippen LogP contribution in [0, 0.1) is 5.82 Å². The van der Waals surface area contributed by atoms with Crippen molar-refractivity contribution in [2.45, 2.75) is 24.7 Å². The fourth-order valence-electron chi connectivity index (χ4n) is 4.15. The molecule has 13 heteroatoms. The molecule has 38 heavy (non-hydrogen) atoms. The Morgan fingerprint density at radius 3 is 2.45 bits per heavy atom.